The zero-order valence-corrected chi connectivity index (χ0v) is 11.3. The first kappa shape index (κ1) is 11.9. The van der Waals surface area contributed by atoms with Gasteiger partial charge in [0, 0.05) is 6.04 Å². The summed E-state index contributed by atoms with van der Waals surface area (Å²) in [5.41, 5.74) is 2.13. The zero-order chi connectivity index (χ0) is 12.5. The van der Waals surface area contributed by atoms with Crippen LogP contribution < -0.4 is 5.32 Å². The third-order valence-corrected chi connectivity index (χ3v) is 4.56. The van der Waals surface area contributed by atoms with Gasteiger partial charge in [-0.05, 0) is 43.9 Å². The van der Waals surface area contributed by atoms with Crippen molar-refractivity contribution in [2.75, 3.05) is 5.32 Å². The topological polar surface area (TPSA) is 50.7 Å². The molecule has 1 heterocycles. The summed E-state index contributed by atoms with van der Waals surface area (Å²) in [5.74, 6) is 2.53. The van der Waals surface area contributed by atoms with Crippen molar-refractivity contribution in [3.8, 4) is 0 Å². The van der Waals surface area contributed by atoms with Crippen LogP contribution in [0.25, 0.3) is 0 Å². The molecule has 0 spiro atoms. The minimum atomic E-state index is 0.586. The van der Waals surface area contributed by atoms with Crippen molar-refractivity contribution in [3.05, 3.63) is 11.4 Å². The van der Waals surface area contributed by atoms with Crippen LogP contribution in [0.3, 0.4) is 0 Å². The molecular weight excluding hydrogens is 224 g/mol. The number of hydrogen-bond donors (Lipinski definition) is 1. The second-order valence-corrected chi connectivity index (χ2v) is 5.66. The number of aryl methyl sites for hydroxylation is 2. The summed E-state index contributed by atoms with van der Waals surface area (Å²) >= 11 is 0. The van der Waals surface area contributed by atoms with Crippen LogP contribution in [0.1, 0.15) is 50.9 Å². The minimum absolute atomic E-state index is 0.586. The molecule has 18 heavy (non-hydrogen) atoms. The summed E-state index contributed by atoms with van der Waals surface area (Å²) in [7, 11) is 0. The smallest absolute Gasteiger partial charge is 0.243 e. The molecule has 0 saturated heterocycles. The number of rotatable bonds is 4. The molecule has 2 aliphatic carbocycles. The van der Waals surface area contributed by atoms with Gasteiger partial charge in [0.25, 0.3) is 0 Å². The van der Waals surface area contributed by atoms with Crippen LogP contribution in [-0.4, -0.2) is 21.2 Å². The summed E-state index contributed by atoms with van der Waals surface area (Å²) in [6, 6.07) is 0.586. The van der Waals surface area contributed by atoms with E-state index in [2.05, 4.69) is 34.3 Å². The van der Waals surface area contributed by atoms with Crippen molar-refractivity contribution in [3.63, 3.8) is 0 Å². The van der Waals surface area contributed by atoms with Crippen LogP contribution in [0.5, 0.6) is 0 Å². The lowest BCUT2D eigenvalue weighted by atomic mass is 9.95. The molecule has 0 aromatic carbocycles. The van der Waals surface area contributed by atoms with Crippen molar-refractivity contribution in [1.29, 1.82) is 0 Å². The number of nitrogens with zero attached hydrogens (tertiary/aromatic N) is 3. The van der Waals surface area contributed by atoms with Gasteiger partial charge in [0.2, 0.25) is 5.95 Å². The van der Waals surface area contributed by atoms with E-state index in [0.717, 1.165) is 42.0 Å². The van der Waals surface area contributed by atoms with Crippen LogP contribution in [0.2, 0.25) is 0 Å². The maximum Gasteiger partial charge on any atom is 0.243 e. The molecule has 0 radical (unpaired) electrons. The highest BCUT2D eigenvalue weighted by molar-refractivity contribution is 5.28. The van der Waals surface area contributed by atoms with Crippen molar-refractivity contribution in [2.24, 2.45) is 11.8 Å². The fourth-order valence-electron chi connectivity index (χ4n) is 3.59. The molecule has 4 heteroatoms. The molecule has 2 fully saturated rings. The highest BCUT2D eigenvalue weighted by Crippen LogP contribution is 2.45. The van der Waals surface area contributed by atoms with E-state index < -0.39 is 0 Å². The quantitative estimate of drug-likeness (QED) is 0.887. The van der Waals surface area contributed by atoms with E-state index in [4.69, 9.17) is 0 Å². The van der Waals surface area contributed by atoms with Gasteiger partial charge < -0.3 is 5.32 Å². The standard InChI is InChI=1S/C14H22N4/c1-3-11-12(4-2)17-18-14(15-11)16-13-8-9-5-6-10(13)7-9/h9-10,13H,3-8H2,1-2H3,(H,15,16,18). The molecule has 2 aliphatic rings. The Labute approximate surface area is 109 Å². The van der Waals surface area contributed by atoms with Crippen LogP contribution in [-0.2, 0) is 12.8 Å². The molecule has 3 unspecified atom stereocenters. The zero-order valence-electron chi connectivity index (χ0n) is 11.3. The average molecular weight is 246 g/mol. The van der Waals surface area contributed by atoms with Gasteiger partial charge in [0.05, 0.1) is 11.4 Å². The maximum atomic E-state index is 4.62. The Kier molecular flexibility index (Phi) is 3.18. The first-order valence-electron chi connectivity index (χ1n) is 7.29. The highest BCUT2D eigenvalue weighted by atomic mass is 15.2. The number of hydrogen-bond acceptors (Lipinski definition) is 4. The number of fused-ring (bicyclic) bond motifs is 2. The molecule has 2 bridgehead atoms. The third-order valence-electron chi connectivity index (χ3n) is 4.56. The van der Waals surface area contributed by atoms with Gasteiger partial charge >= 0.3 is 0 Å². The predicted molar refractivity (Wildman–Crippen MR) is 71.4 cm³/mol. The van der Waals surface area contributed by atoms with Gasteiger partial charge in [-0.15, -0.1) is 5.10 Å². The summed E-state index contributed by atoms with van der Waals surface area (Å²) in [4.78, 5) is 4.62. The van der Waals surface area contributed by atoms with Crippen LogP contribution >= 0.6 is 0 Å². The molecule has 2 saturated carbocycles. The second kappa shape index (κ2) is 4.82. The Morgan fingerprint density at radius 3 is 2.50 bits per heavy atom. The lowest BCUT2D eigenvalue weighted by Gasteiger charge is -2.22. The molecule has 4 nitrogen and oxygen atoms in total. The summed E-state index contributed by atoms with van der Waals surface area (Å²) in [5, 5.41) is 12.0. The lowest BCUT2D eigenvalue weighted by molar-refractivity contribution is 0.437. The van der Waals surface area contributed by atoms with Crippen LogP contribution in [0, 0.1) is 11.8 Å². The molecule has 1 N–H and O–H groups in total. The van der Waals surface area contributed by atoms with Gasteiger partial charge in [-0.25, -0.2) is 4.98 Å². The van der Waals surface area contributed by atoms with Gasteiger partial charge in [-0.2, -0.15) is 5.10 Å². The Balaban J connectivity index is 1.73. The Bertz CT molecular complexity index is 432. The Morgan fingerprint density at radius 1 is 1.06 bits per heavy atom. The normalized spacial score (nSPS) is 29.8. The fourth-order valence-corrected chi connectivity index (χ4v) is 3.59. The number of anilines is 1. The monoisotopic (exact) mass is 246 g/mol. The van der Waals surface area contributed by atoms with Crippen LogP contribution in [0.15, 0.2) is 0 Å². The molecule has 1 aromatic rings. The SMILES string of the molecule is CCc1nnc(NC2CC3CCC2C3)nc1CC. The Hall–Kier alpha value is -1.19. The largest absolute Gasteiger partial charge is 0.350 e. The minimum Gasteiger partial charge on any atom is -0.350 e. The molecule has 0 aliphatic heterocycles. The Morgan fingerprint density at radius 2 is 1.89 bits per heavy atom. The summed E-state index contributed by atoms with van der Waals surface area (Å²) < 4.78 is 0. The van der Waals surface area contributed by atoms with E-state index in [-0.39, 0.29) is 0 Å². The predicted octanol–water partition coefficient (Wildman–Crippen LogP) is 2.60. The van der Waals surface area contributed by atoms with E-state index in [1.54, 1.807) is 0 Å². The van der Waals surface area contributed by atoms with E-state index in [9.17, 15) is 0 Å². The van der Waals surface area contributed by atoms with E-state index in [1.807, 2.05) is 0 Å². The average Bonchev–Trinajstić information content (AvgIpc) is 3.01. The fraction of sp³-hybridized carbons (Fsp3) is 0.786. The van der Waals surface area contributed by atoms with Crippen molar-refractivity contribution >= 4 is 5.95 Å². The van der Waals surface area contributed by atoms with Gasteiger partial charge in [0.15, 0.2) is 0 Å². The van der Waals surface area contributed by atoms with Crippen molar-refractivity contribution in [2.45, 2.75) is 58.4 Å². The van der Waals surface area contributed by atoms with E-state index >= 15 is 0 Å². The van der Waals surface area contributed by atoms with Gasteiger partial charge in [0.1, 0.15) is 0 Å². The van der Waals surface area contributed by atoms with E-state index in [0.29, 0.717) is 6.04 Å². The maximum absolute atomic E-state index is 4.62. The van der Waals surface area contributed by atoms with Gasteiger partial charge in [-0.3, -0.25) is 0 Å². The molecule has 1 aromatic heterocycles. The molecule has 98 valence electrons. The molecule has 3 atom stereocenters. The highest BCUT2D eigenvalue weighted by Gasteiger charge is 2.39. The van der Waals surface area contributed by atoms with Crippen LogP contribution in [0.4, 0.5) is 5.95 Å². The number of nitrogens with one attached hydrogen (secondary N) is 1. The van der Waals surface area contributed by atoms with Crippen molar-refractivity contribution in [1.82, 2.24) is 15.2 Å². The first-order valence-corrected chi connectivity index (χ1v) is 7.29. The lowest BCUT2D eigenvalue weighted by Crippen LogP contribution is -2.27. The molecule has 0 amide bonds. The summed E-state index contributed by atoms with van der Waals surface area (Å²) in [6.07, 6.45) is 7.35. The second-order valence-electron chi connectivity index (χ2n) is 5.66. The summed E-state index contributed by atoms with van der Waals surface area (Å²) in [6.45, 7) is 4.23. The van der Waals surface area contributed by atoms with Gasteiger partial charge in [-0.1, -0.05) is 20.3 Å². The third kappa shape index (κ3) is 2.08. The van der Waals surface area contributed by atoms with Crippen molar-refractivity contribution < 1.29 is 0 Å². The molecule has 3 rings (SSSR count). The van der Waals surface area contributed by atoms with E-state index in [1.165, 1.54) is 25.7 Å². The first-order chi connectivity index (χ1) is 8.80. The molecular formula is C14H22N4. The number of aromatic nitrogens is 3.